The number of benzene rings is 2. The van der Waals surface area contributed by atoms with Crippen LogP contribution in [0.15, 0.2) is 48.5 Å². The average Bonchev–Trinajstić information content (AvgIpc) is 3.14. The Balaban J connectivity index is 1.60. The Bertz CT molecular complexity index is 1110. The van der Waals surface area contributed by atoms with Crippen LogP contribution in [0.4, 0.5) is 21.1 Å². The number of amides is 1. The molecule has 8 nitrogen and oxygen atoms in total. The summed E-state index contributed by atoms with van der Waals surface area (Å²) in [6.45, 7) is 5.89. The minimum Gasteiger partial charge on any atom is -0.457 e. The molecular formula is C23H24FN5O3. The molecule has 0 bridgehead atoms. The van der Waals surface area contributed by atoms with Crippen molar-refractivity contribution in [2.75, 3.05) is 16.8 Å². The molecule has 4 rings (SSSR count). The zero-order chi connectivity index (χ0) is 22.7. The smallest absolute Gasteiger partial charge is 0.417 e. The van der Waals surface area contributed by atoms with Crippen LogP contribution < -0.4 is 15.0 Å². The quantitative estimate of drug-likeness (QED) is 0.555. The van der Waals surface area contributed by atoms with Gasteiger partial charge in [-0.15, -0.1) is 0 Å². The number of aryl methyl sites for hydroxylation is 1. The Morgan fingerprint density at radius 2 is 2.00 bits per heavy atom. The van der Waals surface area contributed by atoms with Crippen LogP contribution in [0.2, 0.25) is 0 Å². The van der Waals surface area contributed by atoms with Gasteiger partial charge in [0.05, 0.1) is 12.1 Å². The first-order valence-corrected chi connectivity index (χ1v) is 10.4. The lowest BCUT2D eigenvalue weighted by Crippen LogP contribution is -2.34. The van der Waals surface area contributed by atoms with Crippen LogP contribution in [0.3, 0.4) is 0 Å². The molecule has 1 aliphatic rings. The van der Waals surface area contributed by atoms with E-state index in [4.69, 9.17) is 9.47 Å². The number of aromatic nitrogens is 3. The second kappa shape index (κ2) is 9.17. The van der Waals surface area contributed by atoms with E-state index in [1.807, 2.05) is 32.0 Å². The first kappa shape index (κ1) is 21.5. The van der Waals surface area contributed by atoms with Gasteiger partial charge in [0, 0.05) is 11.6 Å². The summed E-state index contributed by atoms with van der Waals surface area (Å²) in [4.78, 5) is 26.7. The number of ether oxygens (including phenoxy) is 2. The summed E-state index contributed by atoms with van der Waals surface area (Å²) >= 11 is 0. The van der Waals surface area contributed by atoms with Crippen molar-refractivity contribution in [1.29, 1.82) is 0 Å². The Labute approximate surface area is 185 Å². The molecule has 0 unspecified atom stereocenters. The second-order valence-electron chi connectivity index (χ2n) is 7.48. The first-order valence-electron chi connectivity index (χ1n) is 10.4. The molecule has 1 aromatic heterocycles. The summed E-state index contributed by atoms with van der Waals surface area (Å²) in [6.07, 6.45) is 0.240. The molecule has 0 aliphatic carbocycles. The highest BCUT2D eigenvalue weighted by Gasteiger charge is 2.35. The standard InChI is InChI=1S/C23H24FN5O3/c1-4-17-13-31-23(30)29(17)22-27-15(3)26-21(28-22)25-14(2)19-11-10-16(24)12-20(19)32-18-8-6-5-7-9-18/h5-12,14,17H,4,13H2,1-3H3,(H,25,26,27,28)/t14-,17-/m0/s1. The molecule has 1 aliphatic heterocycles. The van der Waals surface area contributed by atoms with E-state index in [1.165, 1.54) is 17.0 Å². The highest BCUT2D eigenvalue weighted by atomic mass is 19.1. The van der Waals surface area contributed by atoms with Crippen molar-refractivity contribution in [2.45, 2.75) is 39.3 Å². The molecule has 0 saturated carbocycles. The number of hydrogen-bond donors (Lipinski definition) is 1. The number of nitrogens with one attached hydrogen (secondary N) is 1. The van der Waals surface area contributed by atoms with E-state index < -0.39 is 11.9 Å². The molecule has 2 aromatic carbocycles. The lowest BCUT2D eigenvalue weighted by molar-refractivity contribution is 0.178. The number of para-hydroxylation sites is 1. The van der Waals surface area contributed by atoms with E-state index in [1.54, 1.807) is 25.1 Å². The Kier molecular flexibility index (Phi) is 6.16. The van der Waals surface area contributed by atoms with Crippen molar-refractivity contribution in [3.8, 4) is 11.5 Å². The molecule has 166 valence electrons. The summed E-state index contributed by atoms with van der Waals surface area (Å²) in [5, 5.41) is 3.21. The number of nitrogens with zero attached hydrogens (tertiary/aromatic N) is 4. The fourth-order valence-electron chi connectivity index (χ4n) is 3.49. The summed E-state index contributed by atoms with van der Waals surface area (Å²) in [7, 11) is 0. The Morgan fingerprint density at radius 1 is 1.22 bits per heavy atom. The number of halogens is 1. The van der Waals surface area contributed by atoms with Crippen LogP contribution in [0.25, 0.3) is 0 Å². The minimum absolute atomic E-state index is 0.127. The zero-order valence-electron chi connectivity index (χ0n) is 18.1. The summed E-state index contributed by atoms with van der Waals surface area (Å²) in [5.74, 6) is 1.58. The van der Waals surface area contributed by atoms with Crippen molar-refractivity contribution in [3.05, 3.63) is 65.7 Å². The topological polar surface area (TPSA) is 89.5 Å². The second-order valence-corrected chi connectivity index (χ2v) is 7.48. The van der Waals surface area contributed by atoms with Gasteiger partial charge in [-0.1, -0.05) is 31.2 Å². The molecule has 1 fully saturated rings. The van der Waals surface area contributed by atoms with Gasteiger partial charge in [-0.3, -0.25) is 0 Å². The molecule has 1 saturated heterocycles. The van der Waals surface area contributed by atoms with E-state index in [0.29, 0.717) is 36.3 Å². The van der Waals surface area contributed by atoms with Crippen LogP contribution in [0.1, 0.15) is 37.7 Å². The molecule has 1 N–H and O–H groups in total. The highest BCUT2D eigenvalue weighted by Crippen LogP contribution is 2.32. The van der Waals surface area contributed by atoms with E-state index in [2.05, 4.69) is 20.3 Å². The van der Waals surface area contributed by atoms with Crippen LogP contribution >= 0.6 is 0 Å². The third-order valence-electron chi connectivity index (χ3n) is 5.14. The van der Waals surface area contributed by atoms with Crippen LogP contribution in [-0.4, -0.2) is 33.7 Å². The summed E-state index contributed by atoms with van der Waals surface area (Å²) < 4.78 is 25.0. The normalized spacial score (nSPS) is 16.6. The maximum atomic E-state index is 13.9. The molecular weight excluding hydrogens is 413 g/mol. The van der Waals surface area contributed by atoms with Crippen molar-refractivity contribution in [1.82, 2.24) is 15.0 Å². The van der Waals surface area contributed by atoms with E-state index >= 15 is 0 Å². The number of anilines is 2. The van der Waals surface area contributed by atoms with Gasteiger partial charge in [0.2, 0.25) is 11.9 Å². The Hall–Kier alpha value is -3.75. The van der Waals surface area contributed by atoms with E-state index in [-0.39, 0.29) is 18.0 Å². The zero-order valence-corrected chi connectivity index (χ0v) is 18.1. The average molecular weight is 437 g/mol. The molecule has 2 heterocycles. The van der Waals surface area contributed by atoms with Crippen LogP contribution in [0.5, 0.6) is 11.5 Å². The fraction of sp³-hybridized carbons (Fsp3) is 0.304. The number of hydrogen-bond acceptors (Lipinski definition) is 7. The van der Waals surface area contributed by atoms with Crippen molar-refractivity contribution < 1.29 is 18.7 Å². The largest absolute Gasteiger partial charge is 0.457 e. The maximum Gasteiger partial charge on any atom is 0.417 e. The van der Waals surface area contributed by atoms with Gasteiger partial charge in [0.15, 0.2) is 0 Å². The molecule has 1 amide bonds. The van der Waals surface area contributed by atoms with Gasteiger partial charge in [0.1, 0.15) is 29.7 Å². The minimum atomic E-state index is -0.474. The van der Waals surface area contributed by atoms with Crippen LogP contribution in [0, 0.1) is 12.7 Å². The number of rotatable bonds is 7. The van der Waals surface area contributed by atoms with Gasteiger partial charge in [0.25, 0.3) is 0 Å². The van der Waals surface area contributed by atoms with E-state index in [0.717, 1.165) is 5.56 Å². The number of carbonyl (C=O) groups excluding carboxylic acids is 1. The Morgan fingerprint density at radius 3 is 2.75 bits per heavy atom. The lowest BCUT2D eigenvalue weighted by Gasteiger charge is -2.21. The predicted molar refractivity (Wildman–Crippen MR) is 117 cm³/mol. The van der Waals surface area contributed by atoms with Gasteiger partial charge in [-0.2, -0.15) is 15.0 Å². The van der Waals surface area contributed by atoms with Crippen molar-refractivity contribution >= 4 is 18.0 Å². The monoisotopic (exact) mass is 437 g/mol. The lowest BCUT2D eigenvalue weighted by atomic mass is 10.1. The highest BCUT2D eigenvalue weighted by molar-refractivity contribution is 5.88. The first-order chi connectivity index (χ1) is 15.4. The number of cyclic esters (lactones) is 1. The van der Waals surface area contributed by atoms with E-state index in [9.17, 15) is 9.18 Å². The SMILES string of the molecule is CC[C@H]1COC(=O)N1c1nc(C)nc(N[C@@H](C)c2ccc(F)cc2Oc2ccccc2)n1. The van der Waals surface area contributed by atoms with Gasteiger partial charge >= 0.3 is 6.09 Å². The molecule has 0 radical (unpaired) electrons. The fourth-order valence-corrected chi connectivity index (χ4v) is 3.49. The third-order valence-corrected chi connectivity index (χ3v) is 5.14. The molecule has 3 aromatic rings. The van der Waals surface area contributed by atoms with Gasteiger partial charge in [-0.25, -0.2) is 14.1 Å². The van der Waals surface area contributed by atoms with Gasteiger partial charge in [-0.05, 0) is 38.5 Å². The predicted octanol–water partition coefficient (Wildman–Crippen LogP) is 5.02. The van der Waals surface area contributed by atoms with Gasteiger partial charge < -0.3 is 14.8 Å². The molecule has 0 spiro atoms. The third kappa shape index (κ3) is 4.61. The van der Waals surface area contributed by atoms with Crippen molar-refractivity contribution in [2.24, 2.45) is 0 Å². The molecule has 32 heavy (non-hydrogen) atoms. The van der Waals surface area contributed by atoms with Crippen molar-refractivity contribution in [3.63, 3.8) is 0 Å². The van der Waals surface area contributed by atoms with Crippen LogP contribution in [-0.2, 0) is 4.74 Å². The maximum absolute atomic E-state index is 13.9. The summed E-state index contributed by atoms with van der Waals surface area (Å²) in [5.41, 5.74) is 0.724. The summed E-state index contributed by atoms with van der Waals surface area (Å²) in [6, 6.07) is 13.1. The molecule has 9 heteroatoms. The molecule has 2 atom stereocenters. The number of carbonyl (C=O) groups is 1.